The Bertz CT molecular complexity index is 1080. The number of hydrogen-bond donors (Lipinski definition) is 2. The first-order valence-electron chi connectivity index (χ1n) is 11.3. The molecule has 2 aromatic rings. The van der Waals surface area contributed by atoms with Crippen molar-refractivity contribution in [3.63, 3.8) is 0 Å². The molecular formula is C26H30N2O6. The molecule has 8 heteroatoms. The van der Waals surface area contributed by atoms with Crippen molar-refractivity contribution >= 4 is 17.9 Å². The fourth-order valence-electron chi connectivity index (χ4n) is 4.50. The summed E-state index contributed by atoms with van der Waals surface area (Å²) in [6.07, 6.45) is 3.42. The highest BCUT2D eigenvalue weighted by Gasteiger charge is 2.40. The van der Waals surface area contributed by atoms with E-state index in [-0.39, 0.29) is 35.6 Å². The molecule has 2 fully saturated rings. The third kappa shape index (κ3) is 5.11. The summed E-state index contributed by atoms with van der Waals surface area (Å²) >= 11 is 0. The minimum atomic E-state index is -0.283. The summed E-state index contributed by atoms with van der Waals surface area (Å²) in [5.41, 5.74) is 1.61. The second kappa shape index (κ2) is 10.5. The number of ether oxygens (including phenoxy) is 4. The smallest absolute Gasteiger partial charge is 0.286 e. The molecule has 1 aliphatic heterocycles. The van der Waals surface area contributed by atoms with Crippen molar-refractivity contribution in [3.8, 4) is 17.2 Å². The molecule has 2 amide bonds. The number of carbonyl (C=O) groups excluding carboxylic acids is 2. The van der Waals surface area contributed by atoms with Crippen LogP contribution >= 0.6 is 0 Å². The van der Waals surface area contributed by atoms with E-state index in [0.29, 0.717) is 43.1 Å². The number of rotatable bonds is 7. The van der Waals surface area contributed by atoms with E-state index < -0.39 is 0 Å². The third-order valence-electron chi connectivity index (χ3n) is 6.34. The van der Waals surface area contributed by atoms with Crippen LogP contribution in [0.25, 0.3) is 6.08 Å². The molecule has 3 atom stereocenters. The van der Waals surface area contributed by atoms with Crippen molar-refractivity contribution < 1.29 is 28.5 Å². The van der Waals surface area contributed by atoms with Crippen LogP contribution in [0.4, 0.5) is 0 Å². The molecule has 0 spiro atoms. The van der Waals surface area contributed by atoms with Gasteiger partial charge in [-0.25, -0.2) is 0 Å². The number of nitrogens with one attached hydrogen (secondary N) is 2. The SMILES string of the molecule is COc1ccc(OC)c(CNC(=O)C2CCC3O/C(=C\c4ccccc4OC)C(=O)NC3C2)c1. The lowest BCUT2D eigenvalue weighted by Gasteiger charge is -2.39. The summed E-state index contributed by atoms with van der Waals surface area (Å²) in [4.78, 5) is 25.6. The largest absolute Gasteiger partial charge is 0.497 e. The molecule has 180 valence electrons. The van der Waals surface area contributed by atoms with Crippen LogP contribution in [-0.4, -0.2) is 45.3 Å². The second-order valence-corrected chi connectivity index (χ2v) is 8.39. The van der Waals surface area contributed by atoms with Gasteiger partial charge in [0.25, 0.3) is 5.91 Å². The minimum Gasteiger partial charge on any atom is -0.497 e. The lowest BCUT2D eigenvalue weighted by molar-refractivity contribution is -0.134. The molecular weight excluding hydrogens is 436 g/mol. The van der Waals surface area contributed by atoms with E-state index in [0.717, 1.165) is 11.1 Å². The zero-order valence-electron chi connectivity index (χ0n) is 19.6. The van der Waals surface area contributed by atoms with Crippen molar-refractivity contribution in [2.45, 2.75) is 38.0 Å². The standard InChI is InChI=1S/C26H30N2O6/c1-31-19-9-11-22(33-3)18(12-19)15-27-25(29)17-8-10-23-20(13-17)28-26(30)24(34-23)14-16-6-4-5-7-21(16)32-2/h4-7,9,11-12,14,17,20,23H,8,10,13,15H2,1-3H3,(H,27,29)(H,28,30)/b24-14-. The number of fused-ring (bicyclic) bond motifs is 1. The van der Waals surface area contributed by atoms with Crippen molar-refractivity contribution in [3.05, 3.63) is 59.4 Å². The Balaban J connectivity index is 1.37. The Hall–Kier alpha value is -3.68. The van der Waals surface area contributed by atoms with Gasteiger partial charge in [-0.05, 0) is 49.6 Å². The summed E-state index contributed by atoms with van der Waals surface area (Å²) in [6, 6.07) is 12.7. The highest BCUT2D eigenvalue weighted by atomic mass is 16.5. The summed E-state index contributed by atoms with van der Waals surface area (Å²) in [7, 11) is 4.78. The number of carbonyl (C=O) groups is 2. The van der Waals surface area contributed by atoms with E-state index in [1.807, 2.05) is 42.5 Å². The zero-order chi connectivity index (χ0) is 24.1. The molecule has 2 aliphatic rings. The van der Waals surface area contributed by atoms with Crippen molar-refractivity contribution in [1.82, 2.24) is 10.6 Å². The van der Waals surface area contributed by atoms with Crippen molar-refractivity contribution in [1.29, 1.82) is 0 Å². The van der Waals surface area contributed by atoms with Crippen LogP contribution in [0.1, 0.15) is 30.4 Å². The molecule has 1 saturated carbocycles. The van der Waals surface area contributed by atoms with Gasteiger partial charge in [0.1, 0.15) is 23.4 Å². The Morgan fingerprint density at radius 3 is 2.65 bits per heavy atom. The van der Waals surface area contributed by atoms with Crippen LogP contribution < -0.4 is 24.8 Å². The van der Waals surface area contributed by atoms with Crippen LogP contribution in [0.5, 0.6) is 17.2 Å². The van der Waals surface area contributed by atoms with Crippen molar-refractivity contribution in [2.24, 2.45) is 5.92 Å². The molecule has 0 radical (unpaired) electrons. The topological polar surface area (TPSA) is 95.1 Å². The molecule has 3 unspecified atom stereocenters. The monoisotopic (exact) mass is 466 g/mol. The third-order valence-corrected chi connectivity index (χ3v) is 6.34. The van der Waals surface area contributed by atoms with Crippen molar-refractivity contribution in [2.75, 3.05) is 21.3 Å². The van der Waals surface area contributed by atoms with E-state index >= 15 is 0 Å². The Kier molecular flexibility index (Phi) is 7.25. The normalized spacial score (nSPS) is 22.7. The Labute approximate surface area is 199 Å². The summed E-state index contributed by atoms with van der Waals surface area (Å²) in [5, 5.41) is 6.03. The highest BCUT2D eigenvalue weighted by Crippen LogP contribution is 2.32. The quantitative estimate of drug-likeness (QED) is 0.609. The van der Waals surface area contributed by atoms with Gasteiger partial charge in [-0.15, -0.1) is 0 Å². The maximum Gasteiger partial charge on any atom is 0.286 e. The fourth-order valence-corrected chi connectivity index (χ4v) is 4.50. The van der Waals surface area contributed by atoms with Gasteiger partial charge in [-0.1, -0.05) is 18.2 Å². The molecule has 0 bridgehead atoms. The molecule has 2 N–H and O–H groups in total. The molecule has 2 aromatic carbocycles. The van der Waals surface area contributed by atoms with Gasteiger partial charge in [-0.3, -0.25) is 9.59 Å². The first-order chi connectivity index (χ1) is 16.5. The van der Waals surface area contributed by atoms with Gasteiger partial charge >= 0.3 is 0 Å². The molecule has 1 aliphatic carbocycles. The first kappa shape index (κ1) is 23.5. The first-order valence-corrected chi connectivity index (χ1v) is 11.3. The average Bonchev–Trinajstić information content (AvgIpc) is 2.87. The molecule has 34 heavy (non-hydrogen) atoms. The number of morpholine rings is 1. The number of benzene rings is 2. The Morgan fingerprint density at radius 1 is 1.09 bits per heavy atom. The molecule has 1 heterocycles. The minimum absolute atomic E-state index is 0.0482. The van der Waals surface area contributed by atoms with Gasteiger partial charge in [0.15, 0.2) is 5.76 Å². The van der Waals surface area contributed by atoms with Gasteiger partial charge in [0.2, 0.25) is 5.91 Å². The average molecular weight is 467 g/mol. The lowest BCUT2D eigenvalue weighted by atomic mass is 9.82. The number of amides is 2. The van der Waals surface area contributed by atoms with E-state index in [2.05, 4.69) is 10.6 Å². The number of hydrogen-bond acceptors (Lipinski definition) is 6. The van der Waals surface area contributed by atoms with Gasteiger partial charge in [-0.2, -0.15) is 0 Å². The fraction of sp³-hybridized carbons (Fsp3) is 0.385. The second-order valence-electron chi connectivity index (χ2n) is 8.39. The van der Waals surface area contributed by atoms with Crippen LogP contribution in [0.3, 0.4) is 0 Å². The van der Waals surface area contributed by atoms with Gasteiger partial charge in [0.05, 0.1) is 27.4 Å². The summed E-state index contributed by atoms with van der Waals surface area (Å²) in [5.74, 6) is 1.78. The van der Waals surface area contributed by atoms with Crippen LogP contribution in [0.15, 0.2) is 48.2 Å². The maximum atomic E-state index is 12.9. The molecule has 4 rings (SSSR count). The molecule has 1 saturated heterocycles. The highest BCUT2D eigenvalue weighted by molar-refractivity contribution is 5.97. The number of methoxy groups -OCH3 is 3. The van der Waals surface area contributed by atoms with Crippen LogP contribution in [0, 0.1) is 5.92 Å². The maximum absolute atomic E-state index is 12.9. The van der Waals surface area contributed by atoms with Crippen LogP contribution in [0.2, 0.25) is 0 Å². The lowest BCUT2D eigenvalue weighted by Crippen LogP contribution is -2.54. The van der Waals surface area contributed by atoms with Gasteiger partial charge in [0, 0.05) is 23.6 Å². The Morgan fingerprint density at radius 2 is 1.88 bits per heavy atom. The van der Waals surface area contributed by atoms with Gasteiger partial charge < -0.3 is 29.6 Å². The van der Waals surface area contributed by atoms with E-state index in [4.69, 9.17) is 18.9 Å². The van der Waals surface area contributed by atoms with E-state index in [1.54, 1.807) is 27.4 Å². The summed E-state index contributed by atoms with van der Waals surface area (Å²) in [6.45, 7) is 0.332. The number of para-hydroxylation sites is 1. The predicted molar refractivity (Wildman–Crippen MR) is 127 cm³/mol. The summed E-state index contributed by atoms with van der Waals surface area (Å²) < 4.78 is 22.1. The molecule has 0 aromatic heterocycles. The van der Waals surface area contributed by atoms with E-state index in [9.17, 15) is 9.59 Å². The molecule has 8 nitrogen and oxygen atoms in total. The predicted octanol–water partition coefficient (Wildman–Crippen LogP) is 3.05. The van der Waals surface area contributed by atoms with Crippen LogP contribution in [-0.2, 0) is 20.9 Å². The van der Waals surface area contributed by atoms with E-state index in [1.165, 1.54) is 0 Å². The zero-order valence-corrected chi connectivity index (χ0v) is 19.6.